The van der Waals surface area contributed by atoms with E-state index in [9.17, 15) is 13.6 Å². The molecule has 1 aliphatic rings. The number of aromatic nitrogens is 1. The Labute approximate surface area is 141 Å². The van der Waals surface area contributed by atoms with E-state index < -0.39 is 12.2 Å². The molecule has 0 bridgehead atoms. The van der Waals surface area contributed by atoms with Gasteiger partial charge in [0.15, 0.2) is 11.5 Å². The molecule has 1 aromatic heterocycles. The van der Waals surface area contributed by atoms with Crippen LogP contribution in [-0.2, 0) is 6.42 Å². The zero-order valence-corrected chi connectivity index (χ0v) is 12.8. The second kappa shape index (κ2) is 5.41. The number of benzene rings is 2. The van der Waals surface area contributed by atoms with E-state index in [-0.39, 0.29) is 11.5 Å². The second-order valence-corrected chi connectivity index (χ2v) is 5.70. The number of nitrogens with zero attached hydrogens (tertiary/aromatic N) is 1. The Morgan fingerprint density at radius 2 is 1.84 bits per heavy atom. The van der Waals surface area contributed by atoms with Crippen LogP contribution in [-0.4, -0.2) is 17.2 Å². The summed E-state index contributed by atoms with van der Waals surface area (Å²) >= 11 is 0. The van der Waals surface area contributed by atoms with Crippen LogP contribution in [0.2, 0.25) is 0 Å². The van der Waals surface area contributed by atoms with Crippen LogP contribution in [0.3, 0.4) is 0 Å². The number of hydrogen-bond donors (Lipinski definition) is 1. The molecule has 0 radical (unpaired) electrons. The zero-order chi connectivity index (χ0) is 17.6. The molecule has 0 spiro atoms. The first-order valence-electron chi connectivity index (χ1n) is 7.48. The topological polar surface area (TPSA) is 74.4 Å². The number of halogens is 2. The monoisotopic (exact) mass is 342 g/mol. The van der Waals surface area contributed by atoms with Crippen LogP contribution in [0.15, 0.2) is 48.5 Å². The maximum absolute atomic E-state index is 13.1. The first kappa shape index (κ1) is 15.3. The molecule has 0 atom stereocenters. The van der Waals surface area contributed by atoms with Crippen LogP contribution in [0.5, 0.6) is 11.5 Å². The molecule has 3 aromatic rings. The van der Waals surface area contributed by atoms with Gasteiger partial charge < -0.3 is 15.2 Å². The van der Waals surface area contributed by atoms with Crippen molar-refractivity contribution in [2.75, 3.05) is 0 Å². The molecule has 2 aromatic carbocycles. The maximum atomic E-state index is 13.1. The normalized spacial score (nSPS) is 14.6. The van der Waals surface area contributed by atoms with E-state index >= 15 is 0 Å². The second-order valence-electron chi connectivity index (χ2n) is 5.70. The number of nitrogens with two attached hydrogens (primary N) is 1. The SMILES string of the molecule is NC(=O)c1ccc2nc(Cc3ccc4c(c3)OC(F)(F)O4)ccc2c1. The van der Waals surface area contributed by atoms with Gasteiger partial charge in [-0.1, -0.05) is 12.1 Å². The summed E-state index contributed by atoms with van der Waals surface area (Å²) in [5, 5.41) is 0.797. The molecule has 126 valence electrons. The molecule has 0 saturated carbocycles. The predicted molar refractivity (Wildman–Crippen MR) is 85.7 cm³/mol. The molecule has 2 N–H and O–H groups in total. The Morgan fingerprint density at radius 1 is 1.04 bits per heavy atom. The van der Waals surface area contributed by atoms with Crippen molar-refractivity contribution in [3.05, 3.63) is 65.4 Å². The summed E-state index contributed by atoms with van der Waals surface area (Å²) in [4.78, 5) is 15.7. The molecule has 0 aliphatic carbocycles. The fraction of sp³-hybridized carbons (Fsp3) is 0.111. The summed E-state index contributed by atoms with van der Waals surface area (Å²) in [6, 6.07) is 13.3. The van der Waals surface area contributed by atoms with E-state index in [0.717, 1.165) is 22.2 Å². The van der Waals surface area contributed by atoms with Crippen molar-refractivity contribution in [1.29, 1.82) is 0 Å². The molecule has 0 unspecified atom stereocenters. The van der Waals surface area contributed by atoms with E-state index in [2.05, 4.69) is 14.5 Å². The van der Waals surface area contributed by atoms with Gasteiger partial charge in [0.1, 0.15) is 0 Å². The van der Waals surface area contributed by atoms with Gasteiger partial charge in [-0.2, -0.15) is 0 Å². The Hall–Kier alpha value is -3.22. The highest BCUT2D eigenvalue weighted by molar-refractivity contribution is 5.96. The molecule has 4 rings (SSSR count). The summed E-state index contributed by atoms with van der Waals surface area (Å²) in [5.74, 6) is -0.475. The van der Waals surface area contributed by atoms with Crippen molar-refractivity contribution in [2.45, 2.75) is 12.7 Å². The van der Waals surface area contributed by atoms with Crippen molar-refractivity contribution in [2.24, 2.45) is 5.73 Å². The third-order valence-corrected chi connectivity index (χ3v) is 3.88. The third kappa shape index (κ3) is 2.96. The molecule has 1 amide bonds. The smallest absolute Gasteiger partial charge is 0.395 e. The minimum absolute atomic E-state index is 0.00869. The maximum Gasteiger partial charge on any atom is 0.586 e. The fourth-order valence-electron chi connectivity index (χ4n) is 2.73. The minimum atomic E-state index is -3.62. The molecule has 0 fully saturated rings. The number of hydrogen-bond acceptors (Lipinski definition) is 4. The summed E-state index contributed by atoms with van der Waals surface area (Å²) in [6.07, 6.45) is -3.18. The number of fused-ring (bicyclic) bond motifs is 2. The van der Waals surface area contributed by atoms with E-state index in [1.165, 1.54) is 12.1 Å². The van der Waals surface area contributed by atoms with Crippen molar-refractivity contribution in [3.63, 3.8) is 0 Å². The lowest BCUT2D eigenvalue weighted by Crippen LogP contribution is -2.25. The highest BCUT2D eigenvalue weighted by Gasteiger charge is 2.43. The minimum Gasteiger partial charge on any atom is -0.395 e. The lowest BCUT2D eigenvalue weighted by atomic mass is 10.1. The molecular weight excluding hydrogens is 330 g/mol. The number of amides is 1. The van der Waals surface area contributed by atoms with E-state index in [1.807, 2.05) is 12.1 Å². The van der Waals surface area contributed by atoms with Crippen molar-refractivity contribution in [3.8, 4) is 11.5 Å². The average molecular weight is 342 g/mol. The van der Waals surface area contributed by atoms with Gasteiger partial charge in [-0.3, -0.25) is 9.78 Å². The molecule has 25 heavy (non-hydrogen) atoms. The number of pyridine rings is 1. The number of alkyl halides is 2. The lowest BCUT2D eigenvalue weighted by Gasteiger charge is -2.05. The summed E-state index contributed by atoms with van der Waals surface area (Å²) in [6.45, 7) is 0. The van der Waals surface area contributed by atoms with Gasteiger partial charge in [-0.15, -0.1) is 8.78 Å². The Balaban J connectivity index is 1.61. The Kier molecular flexibility index (Phi) is 3.31. The van der Waals surface area contributed by atoms with Gasteiger partial charge in [-0.25, -0.2) is 0 Å². The highest BCUT2D eigenvalue weighted by Crippen LogP contribution is 2.41. The van der Waals surface area contributed by atoms with E-state index in [1.54, 1.807) is 24.3 Å². The Bertz CT molecular complexity index is 1000. The quantitative estimate of drug-likeness (QED) is 0.793. The van der Waals surface area contributed by atoms with Crippen molar-refractivity contribution in [1.82, 2.24) is 4.98 Å². The zero-order valence-electron chi connectivity index (χ0n) is 12.8. The molecular formula is C18H12F2N2O3. The first-order chi connectivity index (χ1) is 11.9. The molecule has 7 heteroatoms. The van der Waals surface area contributed by atoms with Crippen LogP contribution >= 0.6 is 0 Å². The highest BCUT2D eigenvalue weighted by atomic mass is 19.3. The van der Waals surface area contributed by atoms with Crippen molar-refractivity contribution < 1.29 is 23.0 Å². The van der Waals surface area contributed by atoms with Gasteiger partial charge in [-0.05, 0) is 42.0 Å². The van der Waals surface area contributed by atoms with Gasteiger partial charge in [0, 0.05) is 23.1 Å². The van der Waals surface area contributed by atoms with Gasteiger partial charge in [0.25, 0.3) is 0 Å². The molecule has 1 aliphatic heterocycles. The van der Waals surface area contributed by atoms with Crippen LogP contribution in [0.4, 0.5) is 8.78 Å². The largest absolute Gasteiger partial charge is 0.586 e. The van der Waals surface area contributed by atoms with E-state index in [4.69, 9.17) is 5.73 Å². The van der Waals surface area contributed by atoms with Gasteiger partial charge >= 0.3 is 6.29 Å². The van der Waals surface area contributed by atoms with Gasteiger partial charge in [0.2, 0.25) is 5.91 Å². The molecule has 5 nitrogen and oxygen atoms in total. The molecule has 2 heterocycles. The van der Waals surface area contributed by atoms with Crippen LogP contribution in [0, 0.1) is 0 Å². The summed E-state index contributed by atoms with van der Waals surface area (Å²) < 4.78 is 35.0. The first-order valence-corrected chi connectivity index (χ1v) is 7.48. The summed E-state index contributed by atoms with van der Waals surface area (Å²) in [5.41, 5.74) is 7.92. The van der Waals surface area contributed by atoms with E-state index in [0.29, 0.717) is 12.0 Å². The van der Waals surface area contributed by atoms with Gasteiger partial charge in [0.05, 0.1) is 5.52 Å². The third-order valence-electron chi connectivity index (χ3n) is 3.88. The van der Waals surface area contributed by atoms with Crippen LogP contribution in [0.25, 0.3) is 10.9 Å². The number of carbonyl (C=O) groups is 1. The summed E-state index contributed by atoms with van der Waals surface area (Å²) in [7, 11) is 0. The Morgan fingerprint density at radius 3 is 2.64 bits per heavy atom. The van der Waals surface area contributed by atoms with Crippen LogP contribution < -0.4 is 15.2 Å². The lowest BCUT2D eigenvalue weighted by molar-refractivity contribution is -0.286. The number of ether oxygens (including phenoxy) is 2. The number of rotatable bonds is 3. The number of carbonyl (C=O) groups excluding carboxylic acids is 1. The standard InChI is InChI=1S/C18H12F2N2O3/c19-18(20)24-15-6-1-10(8-16(15)25-18)7-13-4-2-11-9-12(17(21)23)3-5-14(11)22-13/h1-6,8-9H,7H2,(H2,21,23). The fourth-order valence-corrected chi connectivity index (χ4v) is 2.73. The van der Waals surface area contributed by atoms with Crippen molar-refractivity contribution >= 4 is 16.8 Å². The average Bonchev–Trinajstić information content (AvgIpc) is 2.87. The molecule has 0 saturated heterocycles. The number of primary amides is 1. The van der Waals surface area contributed by atoms with Crippen LogP contribution in [0.1, 0.15) is 21.6 Å². The predicted octanol–water partition coefficient (Wildman–Crippen LogP) is 3.25.